The molecule has 0 aliphatic carbocycles. The van der Waals surface area contributed by atoms with Crippen LogP contribution in [0.15, 0.2) is 48.7 Å². The number of anilines is 1. The predicted octanol–water partition coefficient (Wildman–Crippen LogP) is 6.56. The largest absolute Gasteiger partial charge is 0.361 e. The molecule has 2 amide bonds. The average molecular weight is 554 g/mol. The molecule has 2 fully saturated rings. The molecule has 38 heavy (non-hydrogen) atoms. The zero-order valence-electron chi connectivity index (χ0n) is 21.7. The van der Waals surface area contributed by atoms with Crippen molar-refractivity contribution in [3.05, 3.63) is 69.8 Å². The first-order chi connectivity index (χ1) is 18.4. The van der Waals surface area contributed by atoms with E-state index in [1.165, 1.54) is 17.9 Å². The van der Waals surface area contributed by atoms with E-state index in [1.807, 2.05) is 23.1 Å². The van der Waals surface area contributed by atoms with Crippen molar-refractivity contribution >= 4 is 57.7 Å². The highest BCUT2D eigenvalue weighted by Crippen LogP contribution is 2.35. The third kappa shape index (κ3) is 6.42. The van der Waals surface area contributed by atoms with Gasteiger partial charge in [-0.05, 0) is 98.1 Å². The molecule has 200 valence electrons. The number of amides is 2. The number of carbonyl (C=O) groups excluding carboxylic acids is 2. The molecule has 2 aliphatic rings. The SMILES string of the molecule is CC(=O)Nc1ccc2[nH]cc(C3CCN(CC4CCN(C(=O)/C=C/c5ccc(Cl)c(Cl)c5)CC4)CC3)c2c1. The number of aromatic amines is 1. The fourth-order valence-electron chi connectivity index (χ4n) is 5.78. The second kappa shape index (κ2) is 11.9. The summed E-state index contributed by atoms with van der Waals surface area (Å²) >= 11 is 12.0. The summed E-state index contributed by atoms with van der Waals surface area (Å²) in [5.41, 5.74) is 4.18. The van der Waals surface area contributed by atoms with Gasteiger partial charge in [0.05, 0.1) is 10.0 Å². The number of hydrogen-bond acceptors (Lipinski definition) is 3. The van der Waals surface area contributed by atoms with Crippen molar-refractivity contribution in [3.63, 3.8) is 0 Å². The van der Waals surface area contributed by atoms with Gasteiger partial charge in [0.15, 0.2) is 0 Å². The molecule has 0 atom stereocenters. The van der Waals surface area contributed by atoms with Crippen LogP contribution in [0, 0.1) is 5.92 Å². The smallest absolute Gasteiger partial charge is 0.246 e. The molecule has 3 heterocycles. The highest BCUT2D eigenvalue weighted by atomic mass is 35.5. The highest BCUT2D eigenvalue weighted by Gasteiger charge is 2.27. The maximum atomic E-state index is 12.7. The minimum Gasteiger partial charge on any atom is -0.361 e. The van der Waals surface area contributed by atoms with Crippen LogP contribution in [-0.4, -0.2) is 59.3 Å². The molecular weight excluding hydrogens is 519 g/mol. The van der Waals surface area contributed by atoms with Crippen LogP contribution in [-0.2, 0) is 9.59 Å². The number of benzene rings is 2. The molecule has 0 unspecified atom stereocenters. The monoisotopic (exact) mass is 552 g/mol. The molecule has 6 nitrogen and oxygen atoms in total. The first-order valence-electron chi connectivity index (χ1n) is 13.4. The van der Waals surface area contributed by atoms with E-state index >= 15 is 0 Å². The summed E-state index contributed by atoms with van der Waals surface area (Å²) in [6.07, 6.45) is 9.93. The Morgan fingerprint density at radius 2 is 1.76 bits per heavy atom. The molecule has 2 aliphatic heterocycles. The van der Waals surface area contributed by atoms with Crippen LogP contribution in [0.25, 0.3) is 17.0 Å². The lowest BCUT2D eigenvalue weighted by molar-refractivity contribution is -0.127. The van der Waals surface area contributed by atoms with Crippen LogP contribution in [0.4, 0.5) is 5.69 Å². The Morgan fingerprint density at radius 1 is 1.00 bits per heavy atom. The van der Waals surface area contributed by atoms with Gasteiger partial charge in [0.1, 0.15) is 0 Å². The first-order valence-corrected chi connectivity index (χ1v) is 14.1. The third-order valence-electron chi connectivity index (χ3n) is 7.87. The van der Waals surface area contributed by atoms with E-state index in [0.717, 1.165) is 75.2 Å². The van der Waals surface area contributed by atoms with Crippen molar-refractivity contribution in [2.45, 2.75) is 38.5 Å². The van der Waals surface area contributed by atoms with Crippen molar-refractivity contribution in [1.29, 1.82) is 0 Å². The summed E-state index contributed by atoms with van der Waals surface area (Å²) in [7, 11) is 0. The molecule has 1 aromatic heterocycles. The highest BCUT2D eigenvalue weighted by molar-refractivity contribution is 6.42. The number of halogens is 2. The van der Waals surface area contributed by atoms with E-state index in [1.54, 1.807) is 24.3 Å². The van der Waals surface area contributed by atoms with Gasteiger partial charge >= 0.3 is 0 Å². The van der Waals surface area contributed by atoms with Gasteiger partial charge in [-0.15, -0.1) is 0 Å². The molecule has 5 rings (SSSR count). The maximum absolute atomic E-state index is 12.7. The zero-order valence-corrected chi connectivity index (χ0v) is 23.2. The summed E-state index contributed by atoms with van der Waals surface area (Å²) in [6, 6.07) is 11.4. The van der Waals surface area contributed by atoms with Gasteiger partial charge in [-0.25, -0.2) is 0 Å². The van der Waals surface area contributed by atoms with Crippen molar-refractivity contribution in [2.75, 3.05) is 38.0 Å². The van der Waals surface area contributed by atoms with Crippen molar-refractivity contribution in [2.24, 2.45) is 5.92 Å². The molecule has 3 aromatic rings. The normalized spacial score (nSPS) is 17.9. The maximum Gasteiger partial charge on any atom is 0.246 e. The number of rotatable bonds is 6. The van der Waals surface area contributed by atoms with E-state index in [2.05, 4.69) is 27.5 Å². The number of likely N-dealkylation sites (tertiary alicyclic amines) is 2. The Kier molecular flexibility index (Phi) is 8.42. The van der Waals surface area contributed by atoms with Crippen LogP contribution >= 0.6 is 23.2 Å². The molecular formula is C30H34Cl2N4O2. The average Bonchev–Trinajstić information content (AvgIpc) is 3.33. The molecule has 2 N–H and O–H groups in total. The van der Waals surface area contributed by atoms with Gasteiger partial charge in [0.2, 0.25) is 11.8 Å². The number of piperidine rings is 2. The topological polar surface area (TPSA) is 68.4 Å². The summed E-state index contributed by atoms with van der Waals surface area (Å²) in [5.74, 6) is 1.15. The molecule has 0 saturated carbocycles. The first kappa shape index (κ1) is 26.8. The number of H-pyrrole nitrogens is 1. The zero-order chi connectivity index (χ0) is 26.6. The predicted molar refractivity (Wildman–Crippen MR) is 156 cm³/mol. The molecule has 2 saturated heterocycles. The summed E-state index contributed by atoms with van der Waals surface area (Å²) < 4.78 is 0. The minimum atomic E-state index is -0.0512. The summed E-state index contributed by atoms with van der Waals surface area (Å²) in [5, 5.41) is 5.11. The summed E-state index contributed by atoms with van der Waals surface area (Å²) in [4.78, 5) is 32.1. The Hall–Kier alpha value is -2.80. The van der Waals surface area contributed by atoms with E-state index in [9.17, 15) is 9.59 Å². The fourth-order valence-corrected chi connectivity index (χ4v) is 6.08. The number of aromatic nitrogens is 1. The van der Waals surface area contributed by atoms with Crippen molar-refractivity contribution in [3.8, 4) is 0 Å². The van der Waals surface area contributed by atoms with E-state index < -0.39 is 0 Å². The minimum absolute atomic E-state index is 0.0512. The Balaban J connectivity index is 1.09. The lowest BCUT2D eigenvalue weighted by atomic mass is 9.88. The fraction of sp³-hybridized carbons (Fsp3) is 0.400. The Bertz CT molecular complexity index is 1340. The van der Waals surface area contributed by atoms with Crippen LogP contribution < -0.4 is 5.32 Å². The van der Waals surface area contributed by atoms with Crippen LogP contribution in [0.5, 0.6) is 0 Å². The molecule has 0 spiro atoms. The Morgan fingerprint density at radius 3 is 2.47 bits per heavy atom. The molecule has 0 bridgehead atoms. The Labute approximate surface area is 234 Å². The van der Waals surface area contributed by atoms with Gasteiger partial charge in [0.25, 0.3) is 0 Å². The number of carbonyl (C=O) groups is 2. The quantitative estimate of drug-likeness (QED) is 0.340. The van der Waals surface area contributed by atoms with Crippen LogP contribution in [0.2, 0.25) is 10.0 Å². The van der Waals surface area contributed by atoms with E-state index in [4.69, 9.17) is 23.2 Å². The molecule has 0 radical (unpaired) electrons. The lowest BCUT2D eigenvalue weighted by Crippen LogP contribution is -2.42. The van der Waals surface area contributed by atoms with Gasteiger partial charge in [-0.2, -0.15) is 0 Å². The van der Waals surface area contributed by atoms with Crippen LogP contribution in [0.1, 0.15) is 49.7 Å². The number of fused-ring (bicyclic) bond motifs is 1. The second-order valence-corrected chi connectivity index (χ2v) is 11.4. The van der Waals surface area contributed by atoms with Gasteiger partial charge in [-0.1, -0.05) is 29.3 Å². The number of hydrogen-bond donors (Lipinski definition) is 2. The van der Waals surface area contributed by atoms with Gasteiger partial charge in [-0.3, -0.25) is 9.59 Å². The third-order valence-corrected chi connectivity index (χ3v) is 8.61. The van der Waals surface area contributed by atoms with Gasteiger partial charge < -0.3 is 20.1 Å². The number of nitrogens with one attached hydrogen (secondary N) is 2. The standard InChI is InChI=1S/C30H34Cl2N4O2/c1-20(37)34-24-4-6-29-25(17-24)26(18-33-29)23-10-12-35(13-11-23)19-22-8-14-36(15-9-22)30(38)7-3-21-2-5-27(31)28(32)16-21/h2-7,16-18,22-23,33H,8-15,19H2,1H3,(H,34,37)/b7-3+. The van der Waals surface area contributed by atoms with Gasteiger partial charge in [0, 0.05) is 55.4 Å². The second-order valence-electron chi connectivity index (χ2n) is 10.5. The lowest BCUT2D eigenvalue weighted by Gasteiger charge is -2.37. The number of nitrogens with zero attached hydrogens (tertiary/aromatic N) is 2. The molecule has 8 heteroatoms. The van der Waals surface area contributed by atoms with Crippen LogP contribution in [0.3, 0.4) is 0 Å². The van der Waals surface area contributed by atoms with Crippen molar-refractivity contribution in [1.82, 2.24) is 14.8 Å². The van der Waals surface area contributed by atoms with E-state index in [0.29, 0.717) is 21.9 Å². The summed E-state index contributed by atoms with van der Waals surface area (Å²) in [6.45, 7) is 6.43. The van der Waals surface area contributed by atoms with Crippen molar-refractivity contribution < 1.29 is 9.59 Å². The molecule has 2 aromatic carbocycles. The van der Waals surface area contributed by atoms with E-state index in [-0.39, 0.29) is 11.8 Å².